The Kier molecular flexibility index (Phi) is 7.38. The smallest absolute Gasteiger partial charge is 0.00329 e. The maximum atomic E-state index is 3.59. The van der Waals surface area contributed by atoms with Crippen molar-refractivity contribution in [3.05, 3.63) is 0 Å². The Labute approximate surface area is 121 Å². The molecule has 19 heavy (non-hydrogen) atoms. The molecule has 2 unspecified atom stereocenters. The van der Waals surface area contributed by atoms with E-state index in [1.54, 1.807) is 0 Å². The van der Waals surface area contributed by atoms with Crippen molar-refractivity contribution in [1.29, 1.82) is 0 Å². The van der Waals surface area contributed by atoms with Crippen molar-refractivity contribution in [3.63, 3.8) is 0 Å². The molecule has 0 aromatic heterocycles. The number of nitrogens with one attached hydrogen (secondary N) is 1. The molecule has 114 valence electrons. The molecule has 1 aliphatic rings. The maximum absolute atomic E-state index is 3.59. The molecule has 2 nitrogen and oxygen atoms in total. The first kappa shape index (κ1) is 17.0. The Bertz CT molecular complexity index is 225. The molecule has 0 saturated carbocycles. The van der Waals surface area contributed by atoms with Crippen molar-refractivity contribution in [2.24, 2.45) is 17.3 Å². The first-order chi connectivity index (χ1) is 8.93. The second-order valence-electron chi connectivity index (χ2n) is 7.68. The summed E-state index contributed by atoms with van der Waals surface area (Å²) in [6.45, 7) is 18.1. The molecular formula is C17H36N2. The van der Waals surface area contributed by atoms with E-state index in [4.69, 9.17) is 0 Å². The van der Waals surface area contributed by atoms with Crippen molar-refractivity contribution in [3.8, 4) is 0 Å². The van der Waals surface area contributed by atoms with E-state index < -0.39 is 0 Å². The third-order valence-corrected chi connectivity index (χ3v) is 4.23. The molecule has 1 fully saturated rings. The van der Waals surface area contributed by atoms with Gasteiger partial charge in [0.1, 0.15) is 0 Å². The second-order valence-corrected chi connectivity index (χ2v) is 7.68. The van der Waals surface area contributed by atoms with Gasteiger partial charge in [-0.05, 0) is 36.8 Å². The van der Waals surface area contributed by atoms with Crippen LogP contribution in [0.4, 0.5) is 0 Å². The maximum Gasteiger partial charge on any atom is 0.00329 e. The Morgan fingerprint density at radius 2 is 1.63 bits per heavy atom. The van der Waals surface area contributed by atoms with E-state index in [-0.39, 0.29) is 0 Å². The summed E-state index contributed by atoms with van der Waals surface area (Å²) in [5, 5.41) is 3.59. The molecule has 2 atom stereocenters. The van der Waals surface area contributed by atoms with Crippen molar-refractivity contribution >= 4 is 0 Å². The van der Waals surface area contributed by atoms with Gasteiger partial charge in [0, 0.05) is 19.6 Å². The number of hydrogen-bond donors (Lipinski definition) is 1. The SMILES string of the molecule is CCCCCC(C)(C)CN1CC(C)CNCC(C)C1. The van der Waals surface area contributed by atoms with Gasteiger partial charge in [0.25, 0.3) is 0 Å². The summed E-state index contributed by atoms with van der Waals surface area (Å²) >= 11 is 0. The molecule has 1 heterocycles. The fourth-order valence-electron chi connectivity index (χ4n) is 3.33. The molecule has 1 saturated heterocycles. The van der Waals surface area contributed by atoms with Crippen LogP contribution >= 0.6 is 0 Å². The molecule has 0 bridgehead atoms. The molecule has 0 aliphatic carbocycles. The van der Waals surface area contributed by atoms with Crippen LogP contribution in [0.1, 0.15) is 60.3 Å². The number of unbranched alkanes of at least 4 members (excludes halogenated alkanes) is 2. The first-order valence-electron chi connectivity index (χ1n) is 8.36. The topological polar surface area (TPSA) is 15.3 Å². The van der Waals surface area contributed by atoms with Crippen molar-refractivity contribution < 1.29 is 0 Å². The molecular weight excluding hydrogens is 232 g/mol. The van der Waals surface area contributed by atoms with Crippen LogP contribution < -0.4 is 5.32 Å². The number of rotatable bonds is 6. The molecule has 0 aromatic rings. The lowest BCUT2D eigenvalue weighted by Gasteiger charge is -2.37. The quantitative estimate of drug-likeness (QED) is 0.738. The second kappa shape index (κ2) is 8.26. The Morgan fingerprint density at radius 1 is 1.05 bits per heavy atom. The lowest BCUT2D eigenvalue weighted by Crippen LogP contribution is -2.45. The molecule has 1 N–H and O–H groups in total. The largest absolute Gasteiger partial charge is 0.316 e. The fraction of sp³-hybridized carbons (Fsp3) is 1.00. The van der Waals surface area contributed by atoms with E-state index in [2.05, 4.69) is 44.8 Å². The Hall–Kier alpha value is -0.0800. The van der Waals surface area contributed by atoms with Gasteiger partial charge in [0.2, 0.25) is 0 Å². The van der Waals surface area contributed by atoms with Gasteiger partial charge < -0.3 is 10.2 Å². The van der Waals surface area contributed by atoms with Gasteiger partial charge in [0.15, 0.2) is 0 Å². The zero-order valence-corrected chi connectivity index (χ0v) is 14.0. The minimum Gasteiger partial charge on any atom is -0.316 e. The van der Waals surface area contributed by atoms with Gasteiger partial charge in [-0.1, -0.05) is 53.9 Å². The third-order valence-electron chi connectivity index (χ3n) is 4.23. The van der Waals surface area contributed by atoms with Crippen LogP contribution in [-0.2, 0) is 0 Å². The number of nitrogens with zero attached hydrogens (tertiary/aromatic N) is 1. The Morgan fingerprint density at radius 3 is 2.16 bits per heavy atom. The Balaban J connectivity index is 2.45. The zero-order chi connectivity index (χ0) is 14.3. The summed E-state index contributed by atoms with van der Waals surface area (Å²) in [6.07, 6.45) is 5.49. The highest BCUT2D eigenvalue weighted by molar-refractivity contribution is 4.79. The van der Waals surface area contributed by atoms with E-state index >= 15 is 0 Å². The summed E-state index contributed by atoms with van der Waals surface area (Å²) in [5.41, 5.74) is 0.473. The zero-order valence-electron chi connectivity index (χ0n) is 14.0. The first-order valence-corrected chi connectivity index (χ1v) is 8.36. The molecule has 0 amide bonds. The van der Waals surface area contributed by atoms with Gasteiger partial charge in [-0.25, -0.2) is 0 Å². The van der Waals surface area contributed by atoms with Crippen molar-refractivity contribution in [2.45, 2.75) is 60.3 Å². The molecule has 0 radical (unpaired) electrons. The van der Waals surface area contributed by atoms with Crippen molar-refractivity contribution in [1.82, 2.24) is 10.2 Å². The summed E-state index contributed by atoms with van der Waals surface area (Å²) in [6, 6.07) is 0. The summed E-state index contributed by atoms with van der Waals surface area (Å²) < 4.78 is 0. The monoisotopic (exact) mass is 268 g/mol. The van der Waals surface area contributed by atoms with Crippen LogP contribution in [0.2, 0.25) is 0 Å². The van der Waals surface area contributed by atoms with E-state index in [9.17, 15) is 0 Å². The van der Waals surface area contributed by atoms with Crippen LogP contribution in [0.25, 0.3) is 0 Å². The van der Waals surface area contributed by atoms with E-state index in [0.717, 1.165) is 11.8 Å². The summed E-state index contributed by atoms with van der Waals surface area (Å²) in [4.78, 5) is 2.72. The highest BCUT2D eigenvalue weighted by atomic mass is 15.1. The highest BCUT2D eigenvalue weighted by Crippen LogP contribution is 2.26. The van der Waals surface area contributed by atoms with Gasteiger partial charge in [-0.15, -0.1) is 0 Å². The lowest BCUT2D eigenvalue weighted by atomic mass is 9.85. The molecule has 1 aliphatic heterocycles. The van der Waals surface area contributed by atoms with E-state index in [0.29, 0.717) is 5.41 Å². The summed E-state index contributed by atoms with van der Waals surface area (Å²) in [7, 11) is 0. The van der Waals surface area contributed by atoms with E-state index in [1.807, 2.05) is 0 Å². The van der Waals surface area contributed by atoms with Gasteiger partial charge in [-0.2, -0.15) is 0 Å². The van der Waals surface area contributed by atoms with Gasteiger partial charge in [-0.3, -0.25) is 0 Å². The molecule has 2 heteroatoms. The number of hydrogen-bond acceptors (Lipinski definition) is 2. The fourth-order valence-corrected chi connectivity index (χ4v) is 3.33. The molecule has 1 rings (SSSR count). The van der Waals surface area contributed by atoms with Crippen LogP contribution in [0.15, 0.2) is 0 Å². The van der Waals surface area contributed by atoms with Crippen LogP contribution in [0, 0.1) is 17.3 Å². The average molecular weight is 268 g/mol. The molecule has 0 spiro atoms. The van der Waals surface area contributed by atoms with Crippen molar-refractivity contribution in [2.75, 3.05) is 32.7 Å². The lowest BCUT2D eigenvalue weighted by molar-refractivity contribution is 0.122. The van der Waals surface area contributed by atoms with Gasteiger partial charge in [0.05, 0.1) is 0 Å². The van der Waals surface area contributed by atoms with Crippen LogP contribution in [0.5, 0.6) is 0 Å². The highest BCUT2D eigenvalue weighted by Gasteiger charge is 2.24. The average Bonchev–Trinajstić information content (AvgIpc) is 2.26. The predicted octanol–water partition coefficient (Wildman–Crippen LogP) is 3.77. The standard InChI is InChI=1S/C17H36N2/c1-6-7-8-9-17(4,5)14-19-12-15(2)10-18-11-16(3)13-19/h15-16,18H,6-14H2,1-5H3. The minimum atomic E-state index is 0.473. The normalized spacial score (nSPS) is 27.0. The van der Waals surface area contributed by atoms with E-state index in [1.165, 1.54) is 58.4 Å². The molecule has 0 aromatic carbocycles. The van der Waals surface area contributed by atoms with Crippen LogP contribution in [-0.4, -0.2) is 37.6 Å². The summed E-state index contributed by atoms with van der Waals surface area (Å²) in [5.74, 6) is 1.55. The van der Waals surface area contributed by atoms with Crippen LogP contribution in [0.3, 0.4) is 0 Å². The van der Waals surface area contributed by atoms with Gasteiger partial charge >= 0.3 is 0 Å². The predicted molar refractivity (Wildman–Crippen MR) is 85.6 cm³/mol. The third kappa shape index (κ3) is 7.31. The minimum absolute atomic E-state index is 0.473.